The standard InChI is InChI=1S/C14H20N2/c1-4-5-8-16-14(10-15)13-7-6-11(2)12(3)9-13/h6-7,9,14,16H,8,10,15H2,1-3H3. The SMILES string of the molecule is CC#CCNC(CN)c1ccc(C)c(C)c1. The van der Waals surface area contributed by atoms with E-state index in [9.17, 15) is 0 Å². The molecule has 0 amide bonds. The van der Waals surface area contributed by atoms with Crippen molar-refractivity contribution >= 4 is 0 Å². The second-order valence-electron chi connectivity index (χ2n) is 3.94. The monoisotopic (exact) mass is 216 g/mol. The largest absolute Gasteiger partial charge is 0.329 e. The van der Waals surface area contributed by atoms with Gasteiger partial charge in [0.25, 0.3) is 0 Å². The molecule has 0 aliphatic heterocycles. The molecule has 0 aromatic heterocycles. The number of nitrogens with one attached hydrogen (secondary N) is 1. The van der Waals surface area contributed by atoms with Gasteiger partial charge in [-0.25, -0.2) is 0 Å². The topological polar surface area (TPSA) is 38.0 Å². The molecule has 0 aliphatic rings. The number of hydrogen-bond donors (Lipinski definition) is 2. The number of aryl methyl sites for hydroxylation is 2. The third kappa shape index (κ3) is 3.37. The fourth-order valence-electron chi connectivity index (χ4n) is 1.58. The van der Waals surface area contributed by atoms with Crippen LogP contribution in [0.25, 0.3) is 0 Å². The van der Waals surface area contributed by atoms with Gasteiger partial charge < -0.3 is 5.73 Å². The van der Waals surface area contributed by atoms with Crippen LogP contribution >= 0.6 is 0 Å². The summed E-state index contributed by atoms with van der Waals surface area (Å²) in [6, 6.07) is 6.66. The number of benzene rings is 1. The van der Waals surface area contributed by atoms with Crippen LogP contribution in [0.4, 0.5) is 0 Å². The minimum atomic E-state index is 0.195. The lowest BCUT2D eigenvalue weighted by Crippen LogP contribution is -2.28. The Morgan fingerprint density at radius 3 is 2.62 bits per heavy atom. The van der Waals surface area contributed by atoms with Crippen LogP contribution in [0.15, 0.2) is 18.2 Å². The number of rotatable bonds is 4. The van der Waals surface area contributed by atoms with Crippen molar-refractivity contribution in [3.05, 3.63) is 34.9 Å². The summed E-state index contributed by atoms with van der Waals surface area (Å²) in [5, 5.41) is 3.33. The zero-order valence-corrected chi connectivity index (χ0v) is 10.3. The van der Waals surface area contributed by atoms with E-state index in [-0.39, 0.29) is 6.04 Å². The molecule has 1 aromatic rings. The number of nitrogens with two attached hydrogens (primary N) is 1. The minimum Gasteiger partial charge on any atom is -0.329 e. The highest BCUT2D eigenvalue weighted by atomic mass is 14.9. The van der Waals surface area contributed by atoms with Gasteiger partial charge in [-0.15, -0.1) is 5.92 Å². The zero-order valence-electron chi connectivity index (χ0n) is 10.3. The molecule has 2 nitrogen and oxygen atoms in total. The summed E-state index contributed by atoms with van der Waals surface area (Å²) in [6.07, 6.45) is 0. The molecule has 0 fully saturated rings. The molecular weight excluding hydrogens is 196 g/mol. The molecule has 0 aliphatic carbocycles. The average Bonchev–Trinajstić information content (AvgIpc) is 2.29. The van der Waals surface area contributed by atoms with E-state index in [0.29, 0.717) is 13.1 Å². The highest BCUT2D eigenvalue weighted by Crippen LogP contribution is 2.16. The Bertz CT molecular complexity index is 399. The maximum atomic E-state index is 5.76. The lowest BCUT2D eigenvalue weighted by atomic mass is 10.0. The van der Waals surface area contributed by atoms with Crippen molar-refractivity contribution in [2.75, 3.05) is 13.1 Å². The molecule has 0 heterocycles. The van der Waals surface area contributed by atoms with Crippen molar-refractivity contribution in [1.29, 1.82) is 0 Å². The van der Waals surface area contributed by atoms with Gasteiger partial charge >= 0.3 is 0 Å². The van der Waals surface area contributed by atoms with Crippen molar-refractivity contribution < 1.29 is 0 Å². The van der Waals surface area contributed by atoms with E-state index in [4.69, 9.17) is 5.73 Å². The Labute approximate surface area is 98.2 Å². The van der Waals surface area contributed by atoms with Gasteiger partial charge in [0.2, 0.25) is 0 Å². The van der Waals surface area contributed by atoms with Crippen molar-refractivity contribution in [3.8, 4) is 11.8 Å². The van der Waals surface area contributed by atoms with Gasteiger partial charge in [-0.3, -0.25) is 5.32 Å². The first-order valence-corrected chi connectivity index (χ1v) is 5.59. The van der Waals surface area contributed by atoms with Crippen molar-refractivity contribution in [2.24, 2.45) is 5.73 Å². The summed E-state index contributed by atoms with van der Waals surface area (Å²) in [5.41, 5.74) is 9.62. The Kier molecular flexibility index (Phi) is 5.04. The summed E-state index contributed by atoms with van der Waals surface area (Å²) >= 11 is 0. The smallest absolute Gasteiger partial charge is 0.0581 e. The van der Waals surface area contributed by atoms with Crippen LogP contribution in [-0.4, -0.2) is 13.1 Å². The molecule has 16 heavy (non-hydrogen) atoms. The summed E-state index contributed by atoms with van der Waals surface area (Å²) in [4.78, 5) is 0. The molecule has 1 atom stereocenters. The highest BCUT2D eigenvalue weighted by molar-refractivity contribution is 5.32. The van der Waals surface area contributed by atoms with Gasteiger partial charge in [-0.2, -0.15) is 0 Å². The molecule has 0 bridgehead atoms. The van der Waals surface area contributed by atoms with Gasteiger partial charge in [0.1, 0.15) is 0 Å². The van der Waals surface area contributed by atoms with E-state index < -0.39 is 0 Å². The molecule has 3 N–H and O–H groups in total. The fraction of sp³-hybridized carbons (Fsp3) is 0.429. The molecule has 2 heteroatoms. The molecule has 1 rings (SSSR count). The van der Waals surface area contributed by atoms with Crippen molar-refractivity contribution in [1.82, 2.24) is 5.32 Å². The quantitative estimate of drug-likeness (QED) is 0.755. The maximum Gasteiger partial charge on any atom is 0.0581 e. The first-order chi connectivity index (χ1) is 7.69. The van der Waals surface area contributed by atoms with Gasteiger partial charge in [0.05, 0.1) is 6.54 Å². The average molecular weight is 216 g/mol. The van der Waals surface area contributed by atoms with Crippen molar-refractivity contribution in [2.45, 2.75) is 26.8 Å². The van der Waals surface area contributed by atoms with Crippen LogP contribution in [0, 0.1) is 25.7 Å². The maximum absolute atomic E-state index is 5.76. The Morgan fingerprint density at radius 2 is 2.06 bits per heavy atom. The van der Waals surface area contributed by atoms with E-state index >= 15 is 0 Å². The second kappa shape index (κ2) is 6.32. The minimum absolute atomic E-state index is 0.195. The molecule has 86 valence electrons. The van der Waals surface area contributed by atoms with Gasteiger partial charge in [0, 0.05) is 12.6 Å². The molecule has 0 radical (unpaired) electrons. The van der Waals surface area contributed by atoms with Crippen LogP contribution in [0.2, 0.25) is 0 Å². The summed E-state index contributed by atoms with van der Waals surface area (Å²) in [5.74, 6) is 5.86. The van der Waals surface area contributed by atoms with Crippen LogP contribution < -0.4 is 11.1 Å². The second-order valence-corrected chi connectivity index (χ2v) is 3.94. The van der Waals surface area contributed by atoms with Crippen LogP contribution in [0.3, 0.4) is 0 Å². The lowest BCUT2D eigenvalue weighted by Gasteiger charge is -2.16. The Hall–Kier alpha value is -1.30. The van der Waals surface area contributed by atoms with Crippen LogP contribution in [-0.2, 0) is 0 Å². The van der Waals surface area contributed by atoms with E-state index in [1.54, 1.807) is 0 Å². The van der Waals surface area contributed by atoms with E-state index in [1.165, 1.54) is 16.7 Å². The summed E-state index contributed by atoms with van der Waals surface area (Å²) in [7, 11) is 0. The molecule has 1 aromatic carbocycles. The van der Waals surface area contributed by atoms with Crippen molar-refractivity contribution in [3.63, 3.8) is 0 Å². The first kappa shape index (κ1) is 12.8. The first-order valence-electron chi connectivity index (χ1n) is 5.59. The van der Waals surface area contributed by atoms with E-state index in [1.807, 2.05) is 6.92 Å². The zero-order chi connectivity index (χ0) is 12.0. The third-order valence-corrected chi connectivity index (χ3v) is 2.78. The lowest BCUT2D eigenvalue weighted by molar-refractivity contribution is 0.581. The summed E-state index contributed by atoms with van der Waals surface area (Å²) < 4.78 is 0. The molecular formula is C14H20N2. The highest BCUT2D eigenvalue weighted by Gasteiger charge is 2.08. The molecule has 0 saturated carbocycles. The normalized spacial score (nSPS) is 11.8. The van der Waals surface area contributed by atoms with Gasteiger partial charge in [-0.05, 0) is 37.5 Å². The fourth-order valence-corrected chi connectivity index (χ4v) is 1.58. The van der Waals surface area contributed by atoms with Crippen LogP contribution in [0.1, 0.15) is 29.7 Å². The molecule has 0 saturated heterocycles. The Balaban J connectivity index is 2.77. The van der Waals surface area contributed by atoms with Gasteiger partial charge in [-0.1, -0.05) is 24.1 Å². The number of hydrogen-bond acceptors (Lipinski definition) is 2. The predicted molar refractivity (Wildman–Crippen MR) is 69.2 cm³/mol. The predicted octanol–water partition coefficient (Wildman–Crippen LogP) is 1.92. The van der Waals surface area contributed by atoms with E-state index in [0.717, 1.165) is 0 Å². The van der Waals surface area contributed by atoms with Crippen LogP contribution in [0.5, 0.6) is 0 Å². The molecule has 0 spiro atoms. The summed E-state index contributed by atoms with van der Waals surface area (Å²) in [6.45, 7) is 7.36. The molecule has 1 unspecified atom stereocenters. The Morgan fingerprint density at radius 1 is 1.31 bits per heavy atom. The van der Waals surface area contributed by atoms with E-state index in [2.05, 4.69) is 49.2 Å². The third-order valence-electron chi connectivity index (χ3n) is 2.78. The van der Waals surface area contributed by atoms with Gasteiger partial charge in [0.15, 0.2) is 0 Å².